The Bertz CT molecular complexity index is 1460. The fourth-order valence-corrected chi connectivity index (χ4v) is 3.80. The molecule has 35 heavy (non-hydrogen) atoms. The van der Waals surface area contributed by atoms with Crippen LogP contribution in [0.3, 0.4) is 0 Å². The highest BCUT2D eigenvalue weighted by Crippen LogP contribution is 2.26. The van der Waals surface area contributed by atoms with Gasteiger partial charge in [-0.2, -0.15) is 10.2 Å². The van der Waals surface area contributed by atoms with Crippen LogP contribution in [-0.4, -0.2) is 44.9 Å². The predicted octanol–water partition coefficient (Wildman–Crippen LogP) is 4.67. The Morgan fingerprint density at radius 3 is 2.60 bits per heavy atom. The highest BCUT2D eigenvalue weighted by atomic mass is 35.5. The summed E-state index contributed by atoms with van der Waals surface area (Å²) in [6.07, 6.45) is 3.48. The number of aromatic amines is 1. The maximum Gasteiger partial charge on any atom is 0.276 e. The maximum atomic E-state index is 12.9. The molecule has 3 heterocycles. The Hall–Kier alpha value is -4.37. The molecular formula is C25H22ClN7O2. The Kier molecular flexibility index (Phi) is 6.07. The molecule has 3 aromatic heterocycles. The number of halogens is 1. The number of nitrogens with one attached hydrogen (secondary N) is 2. The number of amides is 1. The number of carbonyl (C=O) groups is 1. The van der Waals surface area contributed by atoms with Crippen LogP contribution >= 0.6 is 11.6 Å². The van der Waals surface area contributed by atoms with Gasteiger partial charge in [0.1, 0.15) is 11.6 Å². The summed E-state index contributed by atoms with van der Waals surface area (Å²) in [6.45, 7) is 0.635. The van der Waals surface area contributed by atoms with Crippen molar-refractivity contribution in [3.05, 3.63) is 89.3 Å². The second-order valence-corrected chi connectivity index (χ2v) is 8.39. The summed E-state index contributed by atoms with van der Waals surface area (Å²) >= 11 is 5.94. The largest absolute Gasteiger partial charge is 0.497 e. The molecule has 1 amide bonds. The van der Waals surface area contributed by atoms with Gasteiger partial charge in [0.15, 0.2) is 11.3 Å². The Balaban J connectivity index is 1.48. The molecule has 0 fully saturated rings. The topological polar surface area (TPSA) is 100 Å². The van der Waals surface area contributed by atoms with Crippen molar-refractivity contribution in [1.29, 1.82) is 0 Å². The van der Waals surface area contributed by atoms with E-state index < -0.39 is 0 Å². The number of rotatable bonds is 7. The second kappa shape index (κ2) is 9.47. The second-order valence-electron chi connectivity index (χ2n) is 7.95. The molecule has 0 atom stereocenters. The Labute approximate surface area is 206 Å². The van der Waals surface area contributed by atoms with Crippen molar-refractivity contribution in [1.82, 2.24) is 24.8 Å². The van der Waals surface area contributed by atoms with Crippen LogP contribution in [0.2, 0.25) is 5.02 Å². The molecule has 2 N–H and O–H groups in total. The van der Waals surface area contributed by atoms with Crippen molar-refractivity contribution in [2.45, 2.75) is 6.54 Å². The normalized spacial score (nSPS) is 10.9. The zero-order chi connectivity index (χ0) is 24.4. The number of hydrogen-bond acceptors (Lipinski definition) is 6. The zero-order valence-corrected chi connectivity index (χ0v) is 19.8. The summed E-state index contributed by atoms with van der Waals surface area (Å²) in [7, 11) is 3.61. The number of ether oxygens (including phenoxy) is 1. The molecule has 2 aromatic carbocycles. The van der Waals surface area contributed by atoms with Crippen LogP contribution in [0, 0.1) is 0 Å². The minimum absolute atomic E-state index is 0.243. The first-order valence-corrected chi connectivity index (χ1v) is 11.2. The molecule has 0 aliphatic heterocycles. The van der Waals surface area contributed by atoms with E-state index in [1.54, 1.807) is 54.4 Å². The third-order valence-corrected chi connectivity index (χ3v) is 5.76. The van der Waals surface area contributed by atoms with Crippen molar-refractivity contribution in [3.63, 3.8) is 0 Å². The number of benzene rings is 2. The van der Waals surface area contributed by atoms with Gasteiger partial charge in [0.25, 0.3) is 5.91 Å². The van der Waals surface area contributed by atoms with E-state index >= 15 is 0 Å². The average Bonchev–Trinajstić information content (AvgIpc) is 3.56. The molecule has 176 valence electrons. The first kappa shape index (κ1) is 22.4. The van der Waals surface area contributed by atoms with E-state index in [1.807, 2.05) is 42.3 Å². The standard InChI is InChI=1S/C25H22ClN7O2/c1-32(15-16-3-9-20(35-2)10-4-16)23-12-22(17-13-27-28-14-17)33-24(30-23)11-21(31-33)25(34)29-19-7-5-18(26)6-8-19/h3-14H,15H2,1-2H3,(H,27,28)(H,29,34). The number of methoxy groups -OCH3 is 1. The van der Waals surface area contributed by atoms with E-state index in [1.165, 1.54) is 0 Å². The molecule has 0 saturated heterocycles. The number of fused-ring (bicyclic) bond motifs is 1. The van der Waals surface area contributed by atoms with Gasteiger partial charge < -0.3 is 15.0 Å². The van der Waals surface area contributed by atoms with Gasteiger partial charge >= 0.3 is 0 Å². The van der Waals surface area contributed by atoms with Crippen LogP contribution in [0.1, 0.15) is 16.1 Å². The molecular weight excluding hydrogens is 466 g/mol. The molecule has 0 bridgehead atoms. The van der Waals surface area contributed by atoms with Gasteiger partial charge in [0.2, 0.25) is 0 Å². The number of anilines is 2. The van der Waals surface area contributed by atoms with E-state index in [9.17, 15) is 4.79 Å². The van der Waals surface area contributed by atoms with E-state index in [-0.39, 0.29) is 11.6 Å². The SMILES string of the molecule is COc1ccc(CN(C)c2cc(-c3cn[nH]c3)n3nc(C(=O)Nc4ccc(Cl)cc4)cc3n2)cc1. The van der Waals surface area contributed by atoms with Gasteiger partial charge in [0, 0.05) is 48.2 Å². The molecule has 0 saturated carbocycles. The zero-order valence-electron chi connectivity index (χ0n) is 19.1. The van der Waals surface area contributed by atoms with Crippen LogP contribution in [0.5, 0.6) is 5.75 Å². The summed E-state index contributed by atoms with van der Waals surface area (Å²) < 4.78 is 6.89. The summed E-state index contributed by atoms with van der Waals surface area (Å²) in [5.74, 6) is 1.19. The minimum Gasteiger partial charge on any atom is -0.497 e. The fourth-order valence-electron chi connectivity index (χ4n) is 3.68. The van der Waals surface area contributed by atoms with E-state index in [0.717, 1.165) is 28.4 Å². The lowest BCUT2D eigenvalue weighted by Crippen LogP contribution is -2.18. The lowest BCUT2D eigenvalue weighted by molar-refractivity contribution is 0.102. The fraction of sp³-hybridized carbons (Fsp3) is 0.120. The molecule has 10 heteroatoms. The highest BCUT2D eigenvalue weighted by Gasteiger charge is 2.18. The maximum absolute atomic E-state index is 12.9. The van der Waals surface area contributed by atoms with Crippen LogP contribution < -0.4 is 15.0 Å². The lowest BCUT2D eigenvalue weighted by Gasteiger charge is -2.19. The van der Waals surface area contributed by atoms with Gasteiger partial charge in [-0.25, -0.2) is 9.50 Å². The average molecular weight is 488 g/mol. The molecule has 0 radical (unpaired) electrons. The molecule has 5 rings (SSSR count). The molecule has 9 nitrogen and oxygen atoms in total. The van der Waals surface area contributed by atoms with Crippen molar-refractivity contribution < 1.29 is 9.53 Å². The van der Waals surface area contributed by atoms with Crippen LogP contribution in [0.25, 0.3) is 16.9 Å². The molecule has 0 aliphatic carbocycles. The van der Waals surface area contributed by atoms with Crippen molar-refractivity contribution in [2.75, 3.05) is 24.4 Å². The number of nitrogens with zero attached hydrogens (tertiary/aromatic N) is 5. The van der Waals surface area contributed by atoms with Gasteiger partial charge in [-0.1, -0.05) is 23.7 Å². The first-order chi connectivity index (χ1) is 17.0. The van der Waals surface area contributed by atoms with Crippen LogP contribution in [-0.2, 0) is 6.54 Å². The lowest BCUT2D eigenvalue weighted by atomic mass is 10.2. The summed E-state index contributed by atoms with van der Waals surface area (Å²) in [4.78, 5) is 19.7. The van der Waals surface area contributed by atoms with E-state index in [4.69, 9.17) is 21.3 Å². The monoisotopic (exact) mass is 487 g/mol. The Morgan fingerprint density at radius 2 is 1.91 bits per heavy atom. The number of aromatic nitrogens is 5. The summed E-state index contributed by atoms with van der Waals surface area (Å²) in [6, 6.07) is 18.4. The number of hydrogen-bond donors (Lipinski definition) is 2. The molecule has 0 unspecified atom stereocenters. The van der Waals surface area contributed by atoms with Crippen molar-refractivity contribution in [2.24, 2.45) is 0 Å². The third-order valence-electron chi connectivity index (χ3n) is 5.51. The number of H-pyrrole nitrogens is 1. The van der Waals surface area contributed by atoms with Crippen molar-refractivity contribution in [3.8, 4) is 17.0 Å². The van der Waals surface area contributed by atoms with Crippen molar-refractivity contribution >= 4 is 34.7 Å². The minimum atomic E-state index is -0.343. The summed E-state index contributed by atoms with van der Waals surface area (Å²) in [5, 5.41) is 14.9. The summed E-state index contributed by atoms with van der Waals surface area (Å²) in [5.41, 5.74) is 4.10. The van der Waals surface area contributed by atoms with Gasteiger partial charge in [-0.05, 0) is 42.0 Å². The van der Waals surface area contributed by atoms with Gasteiger partial charge in [-0.3, -0.25) is 9.89 Å². The first-order valence-electron chi connectivity index (χ1n) is 10.8. The predicted molar refractivity (Wildman–Crippen MR) is 135 cm³/mol. The number of carbonyl (C=O) groups excluding carboxylic acids is 1. The quantitative estimate of drug-likeness (QED) is 0.346. The van der Waals surface area contributed by atoms with Gasteiger partial charge in [-0.15, -0.1) is 0 Å². The molecule has 0 spiro atoms. The van der Waals surface area contributed by atoms with Gasteiger partial charge in [0.05, 0.1) is 19.0 Å². The van der Waals surface area contributed by atoms with E-state index in [0.29, 0.717) is 22.9 Å². The van der Waals surface area contributed by atoms with Crippen LogP contribution in [0.15, 0.2) is 73.1 Å². The van der Waals surface area contributed by atoms with E-state index in [2.05, 4.69) is 20.6 Å². The third kappa shape index (κ3) is 4.80. The Morgan fingerprint density at radius 1 is 1.14 bits per heavy atom. The van der Waals surface area contributed by atoms with Crippen LogP contribution in [0.4, 0.5) is 11.5 Å². The smallest absolute Gasteiger partial charge is 0.276 e. The molecule has 5 aromatic rings. The molecule has 0 aliphatic rings. The highest BCUT2D eigenvalue weighted by molar-refractivity contribution is 6.30.